The summed E-state index contributed by atoms with van der Waals surface area (Å²) in [6.45, 7) is 8.42. The summed E-state index contributed by atoms with van der Waals surface area (Å²) in [7, 11) is 0.390. The van der Waals surface area contributed by atoms with E-state index in [4.69, 9.17) is 14.3 Å². The molecule has 0 aromatic carbocycles. The lowest BCUT2D eigenvalue weighted by molar-refractivity contribution is -0.140. The van der Waals surface area contributed by atoms with Crippen LogP contribution in [0.3, 0.4) is 0 Å². The van der Waals surface area contributed by atoms with E-state index in [0.717, 1.165) is 45.1 Å². The standard InChI is InChI=1S/C30H55N2O5P/c1-5-28(26(2)3)38(36-24-18-22-31)37-27-21-23-32(25-27)29(33)19-16-14-12-10-8-6-7-9-11-13-15-17-20-30(34)35-4/h26-28H,5-21,23-25H2,1-4H3/t27-,28?,38?/m0/s1. The third-order valence-corrected chi connectivity index (χ3v) is 9.84. The summed E-state index contributed by atoms with van der Waals surface area (Å²) < 4.78 is 17.1. The molecule has 0 bridgehead atoms. The fourth-order valence-corrected chi connectivity index (χ4v) is 6.94. The first-order chi connectivity index (χ1) is 18.4. The molecule has 0 aromatic heterocycles. The number of likely N-dealkylation sites (tertiary alicyclic amines) is 1. The Morgan fingerprint density at radius 2 is 1.50 bits per heavy atom. The molecule has 8 heteroatoms. The summed E-state index contributed by atoms with van der Waals surface area (Å²) in [5.74, 6) is 0.622. The second kappa shape index (κ2) is 22.6. The predicted molar refractivity (Wildman–Crippen MR) is 155 cm³/mol. The maximum atomic E-state index is 12.7. The molecular formula is C30H55N2O5P. The normalized spacial score (nSPS) is 16.9. The van der Waals surface area contributed by atoms with Crippen LogP contribution in [0.4, 0.5) is 0 Å². The first-order valence-corrected chi connectivity index (χ1v) is 16.5. The van der Waals surface area contributed by atoms with Crippen molar-refractivity contribution >= 4 is 20.3 Å². The van der Waals surface area contributed by atoms with Crippen molar-refractivity contribution in [2.75, 3.05) is 26.8 Å². The number of hydrogen-bond acceptors (Lipinski definition) is 6. The van der Waals surface area contributed by atoms with Crippen LogP contribution in [0.5, 0.6) is 0 Å². The molecule has 0 N–H and O–H groups in total. The third-order valence-electron chi connectivity index (χ3n) is 7.39. The maximum Gasteiger partial charge on any atom is 0.305 e. The molecule has 3 atom stereocenters. The predicted octanol–water partition coefficient (Wildman–Crippen LogP) is 7.92. The van der Waals surface area contributed by atoms with Gasteiger partial charge in [-0.2, -0.15) is 5.26 Å². The number of hydrogen-bond donors (Lipinski definition) is 0. The van der Waals surface area contributed by atoms with Crippen LogP contribution in [0.2, 0.25) is 0 Å². The minimum absolute atomic E-state index is 0.0415. The quantitative estimate of drug-likeness (QED) is 0.0724. The average molecular weight is 555 g/mol. The number of carbonyl (C=O) groups excluding carboxylic acids is 2. The summed E-state index contributed by atoms with van der Waals surface area (Å²) in [6, 6.07) is 2.15. The van der Waals surface area contributed by atoms with Crippen LogP contribution in [0.25, 0.3) is 0 Å². The van der Waals surface area contributed by atoms with E-state index in [2.05, 4.69) is 31.6 Å². The molecule has 1 saturated heterocycles. The Morgan fingerprint density at radius 1 is 0.947 bits per heavy atom. The number of rotatable bonds is 23. The van der Waals surface area contributed by atoms with Crippen molar-refractivity contribution in [2.24, 2.45) is 5.92 Å². The van der Waals surface area contributed by atoms with Crippen LogP contribution in [0.15, 0.2) is 0 Å². The zero-order valence-electron chi connectivity index (χ0n) is 24.8. The Balaban J connectivity index is 2.09. The number of ether oxygens (including phenoxy) is 1. The zero-order valence-corrected chi connectivity index (χ0v) is 25.7. The topological polar surface area (TPSA) is 88.9 Å². The molecule has 220 valence electrons. The molecule has 0 aliphatic carbocycles. The Hall–Kier alpha value is -1.22. The number of methoxy groups -OCH3 is 1. The molecule has 38 heavy (non-hydrogen) atoms. The van der Waals surface area contributed by atoms with Gasteiger partial charge in [0.05, 0.1) is 32.3 Å². The van der Waals surface area contributed by atoms with E-state index in [1.54, 1.807) is 0 Å². The number of nitrogens with zero attached hydrogens (tertiary/aromatic N) is 2. The lowest BCUT2D eigenvalue weighted by atomic mass is 10.0. The summed E-state index contributed by atoms with van der Waals surface area (Å²) in [5.41, 5.74) is 0.345. The lowest BCUT2D eigenvalue weighted by Crippen LogP contribution is -2.30. The summed E-state index contributed by atoms with van der Waals surface area (Å²) in [5, 5.41) is 8.86. The highest BCUT2D eigenvalue weighted by Crippen LogP contribution is 2.50. The average Bonchev–Trinajstić information content (AvgIpc) is 3.37. The van der Waals surface area contributed by atoms with E-state index in [9.17, 15) is 9.59 Å². The maximum absolute atomic E-state index is 12.7. The fraction of sp³-hybridized carbons (Fsp3) is 0.900. The van der Waals surface area contributed by atoms with Gasteiger partial charge in [-0.1, -0.05) is 85.0 Å². The molecule has 1 aliphatic rings. The first kappa shape index (κ1) is 34.8. The van der Waals surface area contributed by atoms with Crippen LogP contribution in [-0.4, -0.2) is 55.3 Å². The van der Waals surface area contributed by atoms with Gasteiger partial charge in [-0.25, -0.2) is 0 Å². The van der Waals surface area contributed by atoms with Gasteiger partial charge < -0.3 is 18.7 Å². The lowest BCUT2D eigenvalue weighted by Gasteiger charge is -2.30. The molecular weight excluding hydrogens is 499 g/mol. The Kier molecular flexibility index (Phi) is 20.7. The Morgan fingerprint density at radius 3 is 2.00 bits per heavy atom. The van der Waals surface area contributed by atoms with Gasteiger partial charge in [0.2, 0.25) is 5.91 Å². The van der Waals surface area contributed by atoms with Crippen molar-refractivity contribution in [2.45, 2.75) is 142 Å². The van der Waals surface area contributed by atoms with Crippen LogP contribution in [-0.2, 0) is 23.4 Å². The smallest absolute Gasteiger partial charge is 0.305 e. The van der Waals surface area contributed by atoms with Gasteiger partial charge in [-0.3, -0.25) is 9.59 Å². The molecule has 0 saturated carbocycles. The monoisotopic (exact) mass is 554 g/mol. The van der Waals surface area contributed by atoms with Gasteiger partial charge in [0, 0.05) is 31.6 Å². The number of nitriles is 1. The second-order valence-electron chi connectivity index (χ2n) is 10.9. The first-order valence-electron chi connectivity index (χ1n) is 15.2. The zero-order chi connectivity index (χ0) is 28.0. The van der Waals surface area contributed by atoms with E-state index in [0.29, 0.717) is 44.0 Å². The van der Waals surface area contributed by atoms with Gasteiger partial charge in [-0.15, -0.1) is 0 Å². The number of amides is 1. The van der Waals surface area contributed by atoms with E-state index in [1.807, 2.05) is 4.90 Å². The fourth-order valence-electron chi connectivity index (χ4n) is 5.01. The van der Waals surface area contributed by atoms with Crippen molar-refractivity contribution in [3.63, 3.8) is 0 Å². The van der Waals surface area contributed by atoms with Crippen LogP contribution < -0.4 is 0 Å². The van der Waals surface area contributed by atoms with Gasteiger partial charge in [0.25, 0.3) is 0 Å². The molecule has 2 unspecified atom stereocenters. The molecule has 1 fully saturated rings. The van der Waals surface area contributed by atoms with E-state index >= 15 is 0 Å². The highest BCUT2D eigenvalue weighted by Gasteiger charge is 2.33. The van der Waals surface area contributed by atoms with Crippen molar-refractivity contribution in [1.82, 2.24) is 4.90 Å². The highest BCUT2D eigenvalue weighted by atomic mass is 31.2. The largest absolute Gasteiger partial charge is 0.469 e. The van der Waals surface area contributed by atoms with Gasteiger partial charge >= 0.3 is 5.97 Å². The van der Waals surface area contributed by atoms with Crippen molar-refractivity contribution in [3.8, 4) is 6.07 Å². The SMILES string of the molecule is CCC(C(C)C)P(OCCC#N)O[C@H]1CCN(C(=O)CCCCCCCCCCCCCCC(=O)OC)C1. The molecule has 0 aromatic rings. The molecule has 0 radical (unpaired) electrons. The Labute approximate surface area is 234 Å². The van der Waals surface area contributed by atoms with Crippen LogP contribution >= 0.6 is 8.38 Å². The molecule has 1 rings (SSSR count). The van der Waals surface area contributed by atoms with E-state index in [1.165, 1.54) is 58.5 Å². The van der Waals surface area contributed by atoms with Crippen LogP contribution in [0, 0.1) is 17.2 Å². The molecule has 0 spiro atoms. The van der Waals surface area contributed by atoms with E-state index in [-0.39, 0.29) is 18.0 Å². The molecule has 1 amide bonds. The summed E-state index contributed by atoms with van der Waals surface area (Å²) >= 11 is 0. The number of esters is 1. The molecule has 7 nitrogen and oxygen atoms in total. The summed E-state index contributed by atoms with van der Waals surface area (Å²) in [4.78, 5) is 25.8. The minimum atomic E-state index is -1.06. The van der Waals surface area contributed by atoms with Crippen molar-refractivity contribution < 1.29 is 23.4 Å². The number of unbranched alkanes of at least 4 members (excludes halogenated alkanes) is 11. The van der Waals surface area contributed by atoms with Gasteiger partial charge in [-0.05, 0) is 31.6 Å². The summed E-state index contributed by atoms with van der Waals surface area (Å²) in [6.07, 6.45) is 17.8. The molecule has 1 heterocycles. The van der Waals surface area contributed by atoms with Gasteiger partial charge in [0.15, 0.2) is 8.38 Å². The van der Waals surface area contributed by atoms with E-state index < -0.39 is 8.38 Å². The third kappa shape index (κ3) is 16.0. The highest BCUT2D eigenvalue weighted by molar-refractivity contribution is 7.48. The second-order valence-corrected chi connectivity index (χ2v) is 12.6. The Bertz CT molecular complexity index is 670. The van der Waals surface area contributed by atoms with Crippen LogP contribution in [0.1, 0.15) is 130 Å². The van der Waals surface area contributed by atoms with Gasteiger partial charge in [0.1, 0.15) is 0 Å². The van der Waals surface area contributed by atoms with Crippen molar-refractivity contribution in [1.29, 1.82) is 5.26 Å². The van der Waals surface area contributed by atoms with Crippen molar-refractivity contribution in [3.05, 3.63) is 0 Å². The number of carbonyl (C=O) groups is 2. The minimum Gasteiger partial charge on any atom is -0.469 e. The molecule has 1 aliphatic heterocycles.